The Balaban J connectivity index is 1.14. The molecule has 0 bridgehead atoms. The number of furan rings is 1. The van der Waals surface area contributed by atoms with E-state index in [-0.39, 0.29) is 5.82 Å². The third-order valence-electron chi connectivity index (χ3n) is 12.5. The van der Waals surface area contributed by atoms with Crippen molar-refractivity contribution in [2.75, 3.05) is 0 Å². The number of nitrogens with zero attached hydrogens (tertiary/aromatic N) is 5. The highest BCUT2D eigenvalue weighted by Gasteiger charge is 2.25. The Morgan fingerprint density at radius 3 is 1.58 bits per heavy atom. The summed E-state index contributed by atoms with van der Waals surface area (Å²) in [6.07, 6.45) is 0. The third-order valence-corrected chi connectivity index (χ3v) is 12.5. The van der Waals surface area contributed by atoms with Crippen molar-refractivity contribution in [3.8, 4) is 56.7 Å². The van der Waals surface area contributed by atoms with Gasteiger partial charge in [0.1, 0.15) is 17.0 Å². The fraction of sp³-hybridized carbons (Fsp3) is 0. The second-order valence-corrected chi connectivity index (χ2v) is 16.1. The van der Waals surface area contributed by atoms with Crippen LogP contribution in [0.3, 0.4) is 0 Å². The van der Waals surface area contributed by atoms with E-state index in [0.717, 1.165) is 87.9 Å². The van der Waals surface area contributed by atoms with Crippen LogP contribution >= 0.6 is 0 Å². The SMILES string of the molecule is Fc1ccccc1-c1cc(-n2c3ccccc3c3ccc4c5ccccc5n(-c5nc(-c6ccccc6)nc(-c6ccc(-c7ccccc7)cc6)n5)c4c32)cc2c1oc1ccccc12. The topological polar surface area (TPSA) is 61.7 Å². The molecule has 9 aromatic carbocycles. The molecule has 0 aliphatic carbocycles. The van der Waals surface area contributed by atoms with Crippen LogP contribution in [-0.2, 0) is 0 Å². The van der Waals surface area contributed by atoms with Crippen LogP contribution in [0.15, 0.2) is 211 Å². The molecule has 0 amide bonds. The van der Waals surface area contributed by atoms with E-state index in [1.54, 1.807) is 6.07 Å². The van der Waals surface area contributed by atoms with E-state index < -0.39 is 0 Å². The van der Waals surface area contributed by atoms with Crippen LogP contribution in [0.25, 0.3) is 122 Å². The van der Waals surface area contributed by atoms with E-state index in [2.05, 4.69) is 137 Å². The Kier molecular flexibility index (Phi) is 7.99. The van der Waals surface area contributed by atoms with E-state index in [0.29, 0.717) is 34.3 Å². The molecule has 64 heavy (non-hydrogen) atoms. The van der Waals surface area contributed by atoms with Gasteiger partial charge in [-0.1, -0.05) is 170 Å². The van der Waals surface area contributed by atoms with E-state index in [4.69, 9.17) is 19.4 Å². The maximum atomic E-state index is 15.9. The highest BCUT2D eigenvalue weighted by atomic mass is 19.1. The molecule has 13 aromatic rings. The molecule has 0 radical (unpaired) electrons. The summed E-state index contributed by atoms with van der Waals surface area (Å²) in [7, 11) is 0. The lowest BCUT2D eigenvalue weighted by molar-refractivity contribution is 0.629. The quantitative estimate of drug-likeness (QED) is 0.168. The number of para-hydroxylation sites is 3. The number of fused-ring (bicyclic) bond motifs is 10. The molecule has 4 heterocycles. The highest BCUT2D eigenvalue weighted by Crippen LogP contribution is 2.44. The Hall–Kier alpha value is -8.68. The lowest BCUT2D eigenvalue weighted by Gasteiger charge is -2.15. The molecule has 6 nitrogen and oxygen atoms in total. The second-order valence-electron chi connectivity index (χ2n) is 16.1. The molecule has 0 saturated heterocycles. The maximum Gasteiger partial charge on any atom is 0.238 e. The lowest BCUT2D eigenvalue weighted by Crippen LogP contribution is -2.07. The van der Waals surface area contributed by atoms with E-state index in [1.165, 1.54) is 6.07 Å². The summed E-state index contributed by atoms with van der Waals surface area (Å²) >= 11 is 0. The lowest BCUT2D eigenvalue weighted by atomic mass is 10.0. The van der Waals surface area contributed by atoms with Gasteiger partial charge in [0.05, 0.1) is 22.1 Å². The zero-order chi connectivity index (χ0) is 42.3. The number of hydrogen-bond donors (Lipinski definition) is 0. The standard InChI is InChI=1S/C57H34FN5O/c58-48-23-11-7-19-40(48)46-33-39(34-47-43-22-10-14-26-51(43)64-54(46)47)62-49-24-12-8-20-41(49)44-31-32-45-42-21-9-13-25-50(42)63(53(45)52(44)62)57-60-55(37-17-5-2-6-18-37)59-56(61-57)38-29-27-36(28-30-38)35-15-3-1-4-16-35/h1-34H. The predicted molar refractivity (Wildman–Crippen MR) is 257 cm³/mol. The first kappa shape index (κ1) is 36.0. The van der Waals surface area contributed by atoms with Crippen molar-refractivity contribution in [2.45, 2.75) is 0 Å². The molecule has 0 aliphatic rings. The second kappa shape index (κ2) is 14.2. The summed E-state index contributed by atoms with van der Waals surface area (Å²) in [5.74, 6) is 1.31. The predicted octanol–water partition coefficient (Wildman–Crippen LogP) is 14.8. The minimum atomic E-state index is -0.319. The first-order valence-corrected chi connectivity index (χ1v) is 21.3. The Labute approximate surface area is 365 Å². The first-order valence-electron chi connectivity index (χ1n) is 21.3. The van der Waals surface area contributed by atoms with Gasteiger partial charge in [0, 0.05) is 60.3 Å². The number of rotatable bonds is 6. The molecule has 0 spiro atoms. The molecular formula is C57H34FN5O. The summed E-state index contributed by atoms with van der Waals surface area (Å²) in [4.78, 5) is 15.8. The Morgan fingerprint density at radius 1 is 0.375 bits per heavy atom. The van der Waals surface area contributed by atoms with Crippen LogP contribution in [0.2, 0.25) is 0 Å². The molecule has 0 saturated carbocycles. The van der Waals surface area contributed by atoms with Gasteiger partial charge in [0.25, 0.3) is 0 Å². The van der Waals surface area contributed by atoms with Gasteiger partial charge in [-0.05, 0) is 47.5 Å². The first-order chi connectivity index (χ1) is 31.7. The van der Waals surface area contributed by atoms with Gasteiger partial charge in [0.2, 0.25) is 5.95 Å². The Morgan fingerprint density at radius 2 is 0.891 bits per heavy atom. The number of hydrogen-bond acceptors (Lipinski definition) is 4. The van der Waals surface area contributed by atoms with Gasteiger partial charge in [-0.3, -0.25) is 4.57 Å². The normalized spacial score (nSPS) is 11.8. The van der Waals surface area contributed by atoms with Crippen LogP contribution in [0.4, 0.5) is 4.39 Å². The van der Waals surface area contributed by atoms with Crippen molar-refractivity contribution < 1.29 is 8.81 Å². The monoisotopic (exact) mass is 823 g/mol. The minimum Gasteiger partial charge on any atom is -0.455 e. The van der Waals surface area contributed by atoms with Crippen LogP contribution in [0.1, 0.15) is 0 Å². The van der Waals surface area contributed by atoms with Gasteiger partial charge in [-0.2, -0.15) is 9.97 Å². The molecule has 0 N–H and O–H groups in total. The zero-order valence-electron chi connectivity index (χ0n) is 34.2. The maximum absolute atomic E-state index is 15.9. The van der Waals surface area contributed by atoms with Crippen molar-refractivity contribution in [3.05, 3.63) is 212 Å². The fourth-order valence-electron chi connectivity index (χ4n) is 9.55. The molecule has 0 unspecified atom stereocenters. The van der Waals surface area contributed by atoms with E-state index in [9.17, 15) is 0 Å². The largest absolute Gasteiger partial charge is 0.455 e. The van der Waals surface area contributed by atoms with E-state index >= 15 is 4.39 Å². The van der Waals surface area contributed by atoms with Crippen LogP contribution in [0.5, 0.6) is 0 Å². The average molecular weight is 824 g/mol. The van der Waals surface area contributed by atoms with Crippen molar-refractivity contribution in [1.82, 2.24) is 24.1 Å². The van der Waals surface area contributed by atoms with Crippen molar-refractivity contribution >= 4 is 65.6 Å². The van der Waals surface area contributed by atoms with Gasteiger partial charge >= 0.3 is 0 Å². The molecule has 0 atom stereocenters. The van der Waals surface area contributed by atoms with Crippen molar-refractivity contribution in [2.24, 2.45) is 0 Å². The molecule has 300 valence electrons. The molecular weight excluding hydrogens is 790 g/mol. The zero-order valence-corrected chi connectivity index (χ0v) is 34.2. The van der Waals surface area contributed by atoms with Gasteiger partial charge in [-0.15, -0.1) is 0 Å². The van der Waals surface area contributed by atoms with Gasteiger partial charge in [-0.25, -0.2) is 9.37 Å². The minimum absolute atomic E-state index is 0.319. The molecule has 7 heteroatoms. The molecule has 0 aliphatic heterocycles. The number of halogens is 1. The van der Waals surface area contributed by atoms with E-state index in [1.807, 2.05) is 66.7 Å². The fourth-order valence-corrected chi connectivity index (χ4v) is 9.55. The molecule has 13 rings (SSSR count). The summed E-state index contributed by atoms with van der Waals surface area (Å²) in [6, 6.07) is 69.3. The van der Waals surface area contributed by atoms with Crippen LogP contribution in [-0.4, -0.2) is 24.1 Å². The highest BCUT2D eigenvalue weighted by molar-refractivity contribution is 6.24. The van der Waals surface area contributed by atoms with Gasteiger partial charge in [0.15, 0.2) is 11.6 Å². The van der Waals surface area contributed by atoms with Crippen LogP contribution in [0, 0.1) is 5.82 Å². The summed E-state index contributed by atoms with van der Waals surface area (Å²) < 4.78 is 27.0. The molecule has 0 fully saturated rings. The van der Waals surface area contributed by atoms with Gasteiger partial charge < -0.3 is 8.98 Å². The summed E-state index contributed by atoms with van der Waals surface area (Å²) in [5, 5.41) is 6.12. The summed E-state index contributed by atoms with van der Waals surface area (Å²) in [5.41, 5.74) is 11.3. The molecule has 4 aromatic heterocycles. The Bertz CT molecular complexity index is 3960. The van der Waals surface area contributed by atoms with Crippen LogP contribution < -0.4 is 0 Å². The average Bonchev–Trinajstić information content (AvgIpc) is 4.02. The van der Waals surface area contributed by atoms with Crippen molar-refractivity contribution in [3.63, 3.8) is 0 Å². The smallest absolute Gasteiger partial charge is 0.238 e. The third kappa shape index (κ3) is 5.54. The number of aromatic nitrogens is 5. The summed E-state index contributed by atoms with van der Waals surface area (Å²) in [6.45, 7) is 0. The number of benzene rings is 9. The van der Waals surface area contributed by atoms with Crippen molar-refractivity contribution in [1.29, 1.82) is 0 Å².